The van der Waals surface area contributed by atoms with E-state index in [0.717, 1.165) is 17.8 Å². The largest absolute Gasteiger partial charge is 0.394 e. The molecular weight excluding hydrogens is 302 g/mol. The summed E-state index contributed by atoms with van der Waals surface area (Å²) in [5, 5.41) is 18.6. The first-order valence-electron chi connectivity index (χ1n) is 6.16. The van der Waals surface area contributed by atoms with Gasteiger partial charge in [-0.3, -0.25) is 9.36 Å². The average molecular weight is 321 g/mol. The molecule has 1 aromatic heterocycles. The van der Waals surface area contributed by atoms with Crippen molar-refractivity contribution in [2.75, 3.05) is 13.2 Å². The first kappa shape index (κ1) is 17.6. The second-order valence-electron chi connectivity index (χ2n) is 4.81. The van der Waals surface area contributed by atoms with E-state index in [2.05, 4.69) is 4.72 Å². The molecule has 1 rings (SSSR count). The van der Waals surface area contributed by atoms with E-state index in [1.807, 2.05) is 0 Å². The van der Waals surface area contributed by atoms with Gasteiger partial charge in [-0.05, 0) is 6.42 Å². The number of aliphatic hydroxyl groups excluding tert-OH is 2. The Morgan fingerprint density at radius 2 is 1.76 bits per heavy atom. The molecule has 0 aliphatic carbocycles. The number of rotatable bonds is 6. The van der Waals surface area contributed by atoms with Crippen molar-refractivity contribution in [3.63, 3.8) is 0 Å². The number of hydrogen-bond acceptors (Lipinski definition) is 6. The van der Waals surface area contributed by atoms with Crippen LogP contribution >= 0.6 is 0 Å². The smallest absolute Gasteiger partial charge is 0.330 e. The van der Waals surface area contributed by atoms with E-state index in [-0.39, 0.29) is 6.42 Å². The van der Waals surface area contributed by atoms with Crippen molar-refractivity contribution in [1.29, 1.82) is 0 Å². The van der Waals surface area contributed by atoms with Crippen molar-refractivity contribution >= 4 is 10.0 Å². The number of nitrogens with zero attached hydrogens (tertiary/aromatic N) is 2. The van der Waals surface area contributed by atoms with E-state index in [4.69, 9.17) is 0 Å². The van der Waals surface area contributed by atoms with Gasteiger partial charge >= 0.3 is 5.69 Å². The zero-order valence-corrected chi connectivity index (χ0v) is 12.8. The summed E-state index contributed by atoms with van der Waals surface area (Å²) in [7, 11) is -1.84. The lowest BCUT2D eigenvalue weighted by Gasteiger charge is -2.29. The molecule has 0 saturated carbocycles. The molecule has 10 heteroatoms. The maximum atomic E-state index is 12.3. The van der Waals surface area contributed by atoms with Crippen LogP contribution in [0.1, 0.15) is 13.3 Å². The van der Waals surface area contributed by atoms with Crippen molar-refractivity contribution in [2.24, 2.45) is 14.1 Å². The Labute approximate surface area is 121 Å². The molecular formula is C11H19N3O6S. The Kier molecular flexibility index (Phi) is 5.10. The van der Waals surface area contributed by atoms with Gasteiger partial charge in [-0.1, -0.05) is 6.92 Å². The summed E-state index contributed by atoms with van der Waals surface area (Å²) in [5.74, 6) is 0. The fourth-order valence-electron chi connectivity index (χ4n) is 1.71. The minimum absolute atomic E-state index is 0.116. The Morgan fingerprint density at radius 1 is 1.24 bits per heavy atom. The standard InChI is InChI=1S/C11H19N3O6S/c1-4-11(6-15,7-16)12-21(19,20)8-5-13(2)10(18)14(3)9(8)17/h5,12,15-16H,4,6-7H2,1-3H3. The molecule has 3 N–H and O–H groups in total. The van der Waals surface area contributed by atoms with Crippen LogP contribution in [0.5, 0.6) is 0 Å². The molecule has 0 aliphatic heterocycles. The van der Waals surface area contributed by atoms with Crippen molar-refractivity contribution in [2.45, 2.75) is 23.8 Å². The normalized spacial score (nSPS) is 12.6. The van der Waals surface area contributed by atoms with Gasteiger partial charge in [-0.15, -0.1) is 0 Å². The number of hydrogen-bond donors (Lipinski definition) is 3. The molecule has 0 spiro atoms. The molecule has 120 valence electrons. The summed E-state index contributed by atoms with van der Waals surface area (Å²) in [4.78, 5) is 22.9. The van der Waals surface area contributed by atoms with Crippen LogP contribution in [0.25, 0.3) is 0 Å². The summed E-state index contributed by atoms with van der Waals surface area (Å²) < 4.78 is 28.4. The summed E-state index contributed by atoms with van der Waals surface area (Å²) in [6.45, 7) is 0.310. The Morgan fingerprint density at radius 3 is 2.19 bits per heavy atom. The molecule has 21 heavy (non-hydrogen) atoms. The molecule has 0 radical (unpaired) electrons. The Hall–Kier alpha value is -1.49. The van der Waals surface area contributed by atoms with E-state index in [9.17, 15) is 28.2 Å². The quantitative estimate of drug-likeness (QED) is 0.531. The Bertz CT molecular complexity index is 721. The number of nitrogens with one attached hydrogen (secondary N) is 1. The van der Waals surface area contributed by atoms with Crippen molar-refractivity contribution in [3.05, 3.63) is 27.0 Å². The van der Waals surface area contributed by atoms with Crippen molar-refractivity contribution < 1.29 is 18.6 Å². The molecule has 0 aliphatic rings. The van der Waals surface area contributed by atoms with Gasteiger partial charge in [0.15, 0.2) is 4.90 Å². The van der Waals surface area contributed by atoms with E-state index in [1.54, 1.807) is 6.92 Å². The number of aliphatic hydroxyl groups is 2. The van der Waals surface area contributed by atoms with Crippen LogP contribution in [0.2, 0.25) is 0 Å². The lowest BCUT2D eigenvalue weighted by atomic mass is 10.0. The van der Waals surface area contributed by atoms with Gasteiger partial charge < -0.3 is 14.8 Å². The molecule has 0 bridgehead atoms. The van der Waals surface area contributed by atoms with E-state index >= 15 is 0 Å². The second kappa shape index (κ2) is 6.10. The third-order valence-corrected chi connectivity index (χ3v) is 4.90. The summed E-state index contributed by atoms with van der Waals surface area (Å²) >= 11 is 0. The van der Waals surface area contributed by atoms with Gasteiger partial charge in [0.1, 0.15) is 0 Å². The molecule has 9 nitrogen and oxygen atoms in total. The maximum Gasteiger partial charge on any atom is 0.330 e. The average Bonchev–Trinajstić information content (AvgIpc) is 2.46. The summed E-state index contributed by atoms with van der Waals surface area (Å²) in [6.07, 6.45) is 1.02. The van der Waals surface area contributed by atoms with Crippen LogP contribution in [0.15, 0.2) is 20.7 Å². The fraction of sp³-hybridized carbons (Fsp3) is 0.636. The fourth-order valence-corrected chi connectivity index (χ4v) is 3.33. The molecule has 0 unspecified atom stereocenters. The minimum atomic E-state index is -4.31. The monoisotopic (exact) mass is 321 g/mol. The van der Waals surface area contributed by atoms with E-state index < -0.39 is 44.9 Å². The lowest BCUT2D eigenvalue weighted by Crippen LogP contribution is -2.55. The third kappa shape index (κ3) is 3.23. The van der Waals surface area contributed by atoms with Crippen LogP contribution in [0, 0.1) is 0 Å². The predicted octanol–water partition coefficient (Wildman–Crippen LogP) is -2.50. The summed E-state index contributed by atoms with van der Waals surface area (Å²) in [5.41, 5.74) is -3.12. The maximum absolute atomic E-state index is 12.3. The highest BCUT2D eigenvalue weighted by Gasteiger charge is 2.34. The number of aryl methyl sites for hydroxylation is 1. The minimum Gasteiger partial charge on any atom is -0.394 e. The molecule has 1 heterocycles. The van der Waals surface area contributed by atoms with Crippen molar-refractivity contribution in [3.8, 4) is 0 Å². The van der Waals surface area contributed by atoms with Crippen LogP contribution in [-0.2, 0) is 24.1 Å². The first-order chi connectivity index (χ1) is 9.64. The van der Waals surface area contributed by atoms with Gasteiger partial charge in [0.05, 0.1) is 18.8 Å². The predicted molar refractivity (Wildman–Crippen MR) is 74.4 cm³/mol. The first-order valence-corrected chi connectivity index (χ1v) is 7.65. The molecule has 0 amide bonds. The lowest BCUT2D eigenvalue weighted by molar-refractivity contribution is 0.105. The SMILES string of the molecule is CCC(CO)(CO)NS(=O)(=O)c1cn(C)c(=O)n(C)c1=O. The van der Waals surface area contributed by atoms with Crippen molar-refractivity contribution in [1.82, 2.24) is 13.9 Å². The van der Waals surface area contributed by atoms with Crippen LogP contribution in [0.3, 0.4) is 0 Å². The zero-order chi connectivity index (χ0) is 16.4. The zero-order valence-electron chi connectivity index (χ0n) is 12.0. The number of aromatic nitrogens is 2. The van der Waals surface area contributed by atoms with Gasteiger partial charge in [0.25, 0.3) is 5.56 Å². The molecule has 1 aromatic rings. The molecule has 0 fully saturated rings. The highest BCUT2D eigenvalue weighted by molar-refractivity contribution is 7.89. The number of sulfonamides is 1. The van der Waals surface area contributed by atoms with E-state index in [0.29, 0.717) is 4.57 Å². The molecule has 0 aromatic carbocycles. The van der Waals surface area contributed by atoms with Crippen LogP contribution in [-0.4, -0.2) is 46.5 Å². The van der Waals surface area contributed by atoms with Gasteiger partial charge in [-0.2, -0.15) is 0 Å². The van der Waals surface area contributed by atoms with Crippen LogP contribution < -0.4 is 16.0 Å². The second-order valence-corrected chi connectivity index (χ2v) is 6.46. The molecule has 0 atom stereocenters. The van der Waals surface area contributed by atoms with Gasteiger partial charge in [-0.25, -0.2) is 17.9 Å². The van der Waals surface area contributed by atoms with Crippen LogP contribution in [0.4, 0.5) is 0 Å². The highest BCUT2D eigenvalue weighted by Crippen LogP contribution is 2.13. The Balaban J connectivity index is 3.47. The third-order valence-electron chi connectivity index (χ3n) is 3.34. The van der Waals surface area contributed by atoms with E-state index in [1.165, 1.54) is 7.05 Å². The summed E-state index contributed by atoms with van der Waals surface area (Å²) in [6, 6.07) is 0. The van der Waals surface area contributed by atoms with Gasteiger partial charge in [0, 0.05) is 20.3 Å². The van der Waals surface area contributed by atoms with Gasteiger partial charge in [0.2, 0.25) is 10.0 Å². The highest BCUT2D eigenvalue weighted by atomic mass is 32.2. The topological polar surface area (TPSA) is 131 Å². The molecule has 0 saturated heterocycles.